The van der Waals surface area contributed by atoms with Gasteiger partial charge in [0.15, 0.2) is 0 Å². The molecule has 0 aliphatic carbocycles. The average molecular weight is 417 g/mol. The topological polar surface area (TPSA) is 79.4 Å². The second kappa shape index (κ2) is 7.92. The first-order valence-electron chi connectivity index (χ1n) is 7.55. The monoisotopic (exact) mass is 416 g/mol. The van der Waals surface area contributed by atoms with Crippen molar-refractivity contribution in [1.82, 2.24) is 15.6 Å². The van der Waals surface area contributed by atoms with Crippen LogP contribution in [0, 0.1) is 5.82 Å². The molecule has 1 heterocycles. The number of amides is 1. The molecule has 6 nitrogen and oxygen atoms in total. The van der Waals surface area contributed by atoms with Crippen molar-refractivity contribution in [3.05, 3.63) is 70.1 Å². The Morgan fingerprint density at radius 3 is 2.77 bits per heavy atom. The zero-order valence-electron chi connectivity index (χ0n) is 13.7. The molecule has 2 aromatic carbocycles. The summed E-state index contributed by atoms with van der Waals surface area (Å²) in [4.78, 5) is 12.2. The number of rotatable bonds is 5. The van der Waals surface area contributed by atoms with Crippen LogP contribution in [0.1, 0.15) is 16.1 Å². The van der Waals surface area contributed by atoms with Gasteiger partial charge in [-0.1, -0.05) is 15.9 Å². The zero-order chi connectivity index (χ0) is 18.5. The van der Waals surface area contributed by atoms with Gasteiger partial charge in [0, 0.05) is 15.6 Å². The molecule has 0 unspecified atom stereocenters. The van der Waals surface area contributed by atoms with E-state index in [4.69, 9.17) is 4.74 Å². The Balaban J connectivity index is 1.69. The summed E-state index contributed by atoms with van der Waals surface area (Å²) >= 11 is 3.37. The summed E-state index contributed by atoms with van der Waals surface area (Å²) in [6.45, 7) is 0. The first kappa shape index (κ1) is 17.8. The van der Waals surface area contributed by atoms with Gasteiger partial charge in [-0.05, 0) is 48.5 Å². The minimum atomic E-state index is -0.448. The van der Waals surface area contributed by atoms with Crippen LogP contribution >= 0.6 is 15.9 Å². The van der Waals surface area contributed by atoms with Crippen molar-refractivity contribution in [2.24, 2.45) is 5.10 Å². The van der Waals surface area contributed by atoms with Gasteiger partial charge in [-0.15, -0.1) is 0 Å². The second-order valence-electron chi connectivity index (χ2n) is 5.26. The molecule has 0 fully saturated rings. The summed E-state index contributed by atoms with van der Waals surface area (Å²) in [6.07, 6.45) is 1.48. The first-order valence-corrected chi connectivity index (χ1v) is 8.34. The fourth-order valence-corrected chi connectivity index (χ4v) is 2.61. The van der Waals surface area contributed by atoms with E-state index in [2.05, 4.69) is 36.7 Å². The highest BCUT2D eigenvalue weighted by Gasteiger charge is 2.10. The standard InChI is InChI=1S/C18H14BrFN4O2/c1-26-17-7-4-13(19)8-12(17)10-21-24-18(25)16-9-15(22-23-16)11-2-5-14(20)6-3-11/h2-10H,1H3,(H,22,23)(H,24,25). The summed E-state index contributed by atoms with van der Waals surface area (Å²) in [6, 6.07) is 12.9. The van der Waals surface area contributed by atoms with Crippen LogP contribution < -0.4 is 10.2 Å². The van der Waals surface area contributed by atoms with Crippen LogP contribution in [-0.4, -0.2) is 29.4 Å². The van der Waals surface area contributed by atoms with Gasteiger partial charge < -0.3 is 4.74 Å². The molecule has 3 aromatic rings. The number of benzene rings is 2. The van der Waals surface area contributed by atoms with E-state index in [1.165, 1.54) is 18.3 Å². The number of carbonyl (C=O) groups is 1. The van der Waals surface area contributed by atoms with Gasteiger partial charge >= 0.3 is 0 Å². The summed E-state index contributed by atoms with van der Waals surface area (Å²) in [5.74, 6) is -0.151. The molecular formula is C18H14BrFN4O2. The number of H-pyrrole nitrogens is 1. The highest BCUT2D eigenvalue weighted by molar-refractivity contribution is 9.10. The number of hydrogen-bond donors (Lipinski definition) is 2. The Labute approximate surface area is 157 Å². The first-order chi connectivity index (χ1) is 12.6. The molecule has 0 aliphatic rings. The Morgan fingerprint density at radius 2 is 2.04 bits per heavy atom. The molecule has 0 saturated carbocycles. The van der Waals surface area contributed by atoms with Crippen LogP contribution in [0.25, 0.3) is 11.3 Å². The Bertz CT molecular complexity index is 954. The fourth-order valence-electron chi connectivity index (χ4n) is 2.23. The molecular weight excluding hydrogens is 403 g/mol. The Hall–Kier alpha value is -3.00. The highest BCUT2D eigenvalue weighted by atomic mass is 79.9. The van der Waals surface area contributed by atoms with Crippen molar-refractivity contribution in [3.8, 4) is 17.0 Å². The van der Waals surface area contributed by atoms with Crippen molar-refractivity contribution in [2.75, 3.05) is 7.11 Å². The van der Waals surface area contributed by atoms with Crippen LogP contribution in [0.5, 0.6) is 5.75 Å². The van der Waals surface area contributed by atoms with Gasteiger partial charge in [0.2, 0.25) is 0 Å². The number of methoxy groups -OCH3 is 1. The maximum absolute atomic E-state index is 13.0. The molecule has 0 atom stereocenters. The lowest BCUT2D eigenvalue weighted by Gasteiger charge is -2.04. The summed E-state index contributed by atoms with van der Waals surface area (Å²) < 4.78 is 19.1. The lowest BCUT2D eigenvalue weighted by molar-refractivity contribution is 0.0950. The van der Waals surface area contributed by atoms with Gasteiger partial charge in [-0.3, -0.25) is 9.89 Å². The number of hydrazone groups is 1. The third-order valence-corrected chi connectivity index (χ3v) is 4.02. The molecule has 132 valence electrons. The van der Waals surface area contributed by atoms with Crippen molar-refractivity contribution in [2.45, 2.75) is 0 Å². The van der Waals surface area contributed by atoms with Crippen molar-refractivity contribution >= 4 is 28.1 Å². The van der Waals surface area contributed by atoms with E-state index in [1.54, 1.807) is 31.4 Å². The third kappa shape index (κ3) is 4.15. The maximum Gasteiger partial charge on any atom is 0.289 e. The van der Waals surface area contributed by atoms with Crippen LogP contribution in [0.4, 0.5) is 4.39 Å². The number of hydrogen-bond acceptors (Lipinski definition) is 4. The predicted molar refractivity (Wildman–Crippen MR) is 99.7 cm³/mol. The highest BCUT2D eigenvalue weighted by Crippen LogP contribution is 2.21. The van der Waals surface area contributed by atoms with Gasteiger partial charge in [-0.2, -0.15) is 10.2 Å². The molecule has 2 N–H and O–H groups in total. The molecule has 3 rings (SSSR count). The average Bonchev–Trinajstić information content (AvgIpc) is 3.13. The van der Waals surface area contributed by atoms with E-state index < -0.39 is 5.91 Å². The number of nitrogens with zero attached hydrogens (tertiary/aromatic N) is 2. The number of aromatic amines is 1. The van der Waals surface area contributed by atoms with Crippen LogP contribution in [0.2, 0.25) is 0 Å². The third-order valence-electron chi connectivity index (χ3n) is 3.52. The lowest BCUT2D eigenvalue weighted by atomic mass is 10.1. The van der Waals surface area contributed by atoms with Gasteiger partial charge in [-0.25, -0.2) is 9.82 Å². The molecule has 1 amide bonds. The summed E-state index contributed by atoms with van der Waals surface area (Å²) in [5.41, 5.74) is 4.60. The number of halogens is 2. The Morgan fingerprint density at radius 1 is 1.27 bits per heavy atom. The zero-order valence-corrected chi connectivity index (χ0v) is 15.2. The number of nitrogens with one attached hydrogen (secondary N) is 2. The van der Waals surface area contributed by atoms with E-state index in [0.717, 1.165) is 4.47 Å². The number of ether oxygens (including phenoxy) is 1. The SMILES string of the molecule is COc1ccc(Br)cc1C=NNC(=O)c1cc(-c2ccc(F)cc2)n[nH]1. The van der Waals surface area contributed by atoms with E-state index in [1.807, 2.05) is 12.1 Å². The van der Waals surface area contributed by atoms with E-state index >= 15 is 0 Å². The molecule has 0 spiro atoms. The minimum Gasteiger partial charge on any atom is -0.496 e. The summed E-state index contributed by atoms with van der Waals surface area (Å²) in [5, 5.41) is 10.6. The van der Waals surface area contributed by atoms with E-state index in [0.29, 0.717) is 22.6 Å². The normalized spacial score (nSPS) is 10.9. The smallest absolute Gasteiger partial charge is 0.289 e. The quantitative estimate of drug-likeness (QED) is 0.490. The molecule has 0 aliphatic heterocycles. The van der Waals surface area contributed by atoms with Crippen LogP contribution in [-0.2, 0) is 0 Å². The van der Waals surface area contributed by atoms with Crippen LogP contribution in [0.15, 0.2) is 58.1 Å². The van der Waals surface area contributed by atoms with Crippen molar-refractivity contribution in [3.63, 3.8) is 0 Å². The van der Waals surface area contributed by atoms with Crippen molar-refractivity contribution < 1.29 is 13.9 Å². The minimum absolute atomic E-state index is 0.239. The lowest BCUT2D eigenvalue weighted by Crippen LogP contribution is -2.18. The largest absolute Gasteiger partial charge is 0.496 e. The molecule has 0 bridgehead atoms. The summed E-state index contributed by atoms with van der Waals surface area (Å²) in [7, 11) is 1.56. The number of carbonyl (C=O) groups excluding carboxylic acids is 1. The fraction of sp³-hybridized carbons (Fsp3) is 0.0556. The van der Waals surface area contributed by atoms with Crippen LogP contribution in [0.3, 0.4) is 0 Å². The molecule has 0 radical (unpaired) electrons. The predicted octanol–water partition coefficient (Wildman–Crippen LogP) is 3.75. The van der Waals surface area contributed by atoms with Gasteiger partial charge in [0.05, 0.1) is 19.0 Å². The molecule has 1 aromatic heterocycles. The Kier molecular flexibility index (Phi) is 5.43. The number of aromatic nitrogens is 2. The van der Waals surface area contributed by atoms with E-state index in [-0.39, 0.29) is 11.5 Å². The molecule has 26 heavy (non-hydrogen) atoms. The van der Waals surface area contributed by atoms with Gasteiger partial charge in [0.1, 0.15) is 17.3 Å². The molecule has 0 saturated heterocycles. The second-order valence-corrected chi connectivity index (χ2v) is 6.17. The molecule has 8 heteroatoms. The maximum atomic E-state index is 13.0. The van der Waals surface area contributed by atoms with E-state index in [9.17, 15) is 9.18 Å². The van der Waals surface area contributed by atoms with Crippen molar-refractivity contribution in [1.29, 1.82) is 0 Å². The van der Waals surface area contributed by atoms with Gasteiger partial charge in [0.25, 0.3) is 5.91 Å².